The first kappa shape index (κ1) is 20.4. The third-order valence-electron chi connectivity index (χ3n) is 5.49. The molecule has 3 N–H and O–H groups in total. The Bertz CT molecular complexity index is 1080. The van der Waals surface area contributed by atoms with Crippen molar-refractivity contribution in [3.8, 4) is 17.1 Å². The predicted molar refractivity (Wildman–Crippen MR) is 119 cm³/mol. The average molecular weight is 411 g/mol. The molecule has 0 bridgehead atoms. The number of anilines is 1. The second-order valence-corrected chi connectivity index (χ2v) is 7.74. The van der Waals surface area contributed by atoms with E-state index in [0.717, 1.165) is 55.7 Å². The fraction of sp³-hybridized carbons (Fsp3) is 0.500. The minimum absolute atomic E-state index is 0.188. The van der Waals surface area contributed by atoms with Crippen molar-refractivity contribution in [1.82, 2.24) is 25.1 Å². The van der Waals surface area contributed by atoms with E-state index in [1.54, 1.807) is 11.7 Å². The number of nitrogens with one attached hydrogen (secondary N) is 3. The summed E-state index contributed by atoms with van der Waals surface area (Å²) in [7, 11) is 1.79. The summed E-state index contributed by atoms with van der Waals surface area (Å²) < 4.78 is 7.47. The maximum absolute atomic E-state index is 12.9. The average Bonchev–Trinajstić information content (AvgIpc) is 3.06. The second-order valence-electron chi connectivity index (χ2n) is 7.74. The van der Waals surface area contributed by atoms with Gasteiger partial charge in [0.25, 0.3) is 5.56 Å². The molecule has 3 heterocycles. The van der Waals surface area contributed by atoms with Gasteiger partial charge in [-0.05, 0) is 57.5 Å². The van der Waals surface area contributed by atoms with Crippen molar-refractivity contribution in [3.63, 3.8) is 0 Å². The highest BCUT2D eigenvalue weighted by Gasteiger charge is 2.19. The Morgan fingerprint density at radius 3 is 2.80 bits per heavy atom. The van der Waals surface area contributed by atoms with Crippen molar-refractivity contribution in [1.29, 1.82) is 0 Å². The van der Waals surface area contributed by atoms with Crippen LogP contribution < -0.4 is 20.9 Å². The van der Waals surface area contributed by atoms with Gasteiger partial charge in [-0.2, -0.15) is 5.10 Å². The van der Waals surface area contributed by atoms with Gasteiger partial charge in [0.1, 0.15) is 17.1 Å². The number of rotatable bonds is 7. The van der Waals surface area contributed by atoms with Crippen LogP contribution in [0.2, 0.25) is 0 Å². The van der Waals surface area contributed by atoms with E-state index in [0.29, 0.717) is 35.3 Å². The van der Waals surface area contributed by atoms with E-state index in [1.165, 1.54) is 0 Å². The van der Waals surface area contributed by atoms with Crippen LogP contribution in [-0.2, 0) is 13.5 Å². The van der Waals surface area contributed by atoms with Gasteiger partial charge in [0.15, 0.2) is 5.52 Å². The van der Waals surface area contributed by atoms with Gasteiger partial charge in [-0.25, -0.2) is 4.98 Å². The molecule has 0 aliphatic carbocycles. The highest BCUT2D eigenvalue weighted by atomic mass is 16.5. The molecular formula is C22H30N6O2. The second kappa shape index (κ2) is 8.87. The van der Waals surface area contributed by atoms with Crippen molar-refractivity contribution in [2.75, 3.05) is 25.0 Å². The Labute approximate surface area is 176 Å². The minimum atomic E-state index is -0.188. The van der Waals surface area contributed by atoms with E-state index < -0.39 is 0 Å². The van der Waals surface area contributed by atoms with Gasteiger partial charge in [-0.15, -0.1) is 0 Å². The van der Waals surface area contributed by atoms with Gasteiger partial charge >= 0.3 is 0 Å². The summed E-state index contributed by atoms with van der Waals surface area (Å²) in [5.74, 6) is 1.21. The number of nitrogens with zero attached hydrogens (tertiary/aromatic N) is 3. The molecule has 0 radical (unpaired) electrons. The minimum Gasteiger partial charge on any atom is -0.493 e. The third kappa shape index (κ3) is 4.05. The molecule has 0 spiro atoms. The number of hydrogen-bond donors (Lipinski definition) is 3. The topological polar surface area (TPSA) is 96.9 Å². The summed E-state index contributed by atoms with van der Waals surface area (Å²) in [6, 6.07) is 6.43. The number of aromatic amines is 1. The van der Waals surface area contributed by atoms with Crippen LogP contribution in [0.1, 0.15) is 38.8 Å². The van der Waals surface area contributed by atoms with Crippen molar-refractivity contribution in [2.24, 2.45) is 7.05 Å². The summed E-state index contributed by atoms with van der Waals surface area (Å²) in [5, 5.41) is 11.5. The van der Waals surface area contributed by atoms with Crippen molar-refractivity contribution >= 4 is 16.7 Å². The van der Waals surface area contributed by atoms with Gasteiger partial charge < -0.3 is 20.4 Å². The standard InChI is InChI=1S/C22H30N6O2/c1-4-6-17-19-20(28(3)27-17)22(29)26-21(25-19)16-13-15(7-8-18(16)30-5-2)24-14-9-11-23-12-10-14/h7-8,13-14,23-24H,4-6,9-12H2,1-3H3,(H,25,26,29). The Kier molecular flexibility index (Phi) is 6.03. The van der Waals surface area contributed by atoms with E-state index in [-0.39, 0.29) is 5.56 Å². The molecule has 1 fully saturated rings. The van der Waals surface area contributed by atoms with E-state index in [1.807, 2.05) is 25.1 Å². The molecule has 8 heteroatoms. The van der Waals surface area contributed by atoms with Gasteiger partial charge in [0.2, 0.25) is 0 Å². The number of benzene rings is 1. The van der Waals surface area contributed by atoms with Crippen LogP contribution in [0.25, 0.3) is 22.4 Å². The lowest BCUT2D eigenvalue weighted by molar-refractivity contribution is 0.341. The van der Waals surface area contributed by atoms with Gasteiger partial charge in [-0.3, -0.25) is 9.48 Å². The van der Waals surface area contributed by atoms with Gasteiger partial charge in [0.05, 0.1) is 17.9 Å². The quantitative estimate of drug-likeness (QED) is 0.554. The summed E-state index contributed by atoms with van der Waals surface area (Å²) in [6.45, 7) is 6.62. The lowest BCUT2D eigenvalue weighted by Crippen LogP contribution is -2.35. The zero-order chi connectivity index (χ0) is 21.1. The van der Waals surface area contributed by atoms with E-state index in [4.69, 9.17) is 9.72 Å². The number of aryl methyl sites for hydroxylation is 2. The number of H-pyrrole nitrogens is 1. The molecule has 160 valence electrons. The molecule has 4 rings (SSSR count). The predicted octanol–water partition coefficient (Wildman–Crippen LogP) is 2.84. The van der Waals surface area contributed by atoms with Crippen molar-refractivity contribution < 1.29 is 4.74 Å². The molecule has 1 aliphatic heterocycles. The van der Waals surface area contributed by atoms with E-state index in [2.05, 4.69) is 27.6 Å². The molecule has 8 nitrogen and oxygen atoms in total. The molecule has 30 heavy (non-hydrogen) atoms. The zero-order valence-electron chi connectivity index (χ0n) is 17.9. The number of piperidine rings is 1. The van der Waals surface area contributed by atoms with Crippen molar-refractivity contribution in [3.05, 3.63) is 34.2 Å². The molecule has 3 aromatic rings. The summed E-state index contributed by atoms with van der Waals surface area (Å²) in [6.07, 6.45) is 3.89. The number of aromatic nitrogens is 4. The van der Waals surface area contributed by atoms with Crippen LogP contribution in [0.4, 0.5) is 5.69 Å². The van der Waals surface area contributed by atoms with Gasteiger partial charge in [-0.1, -0.05) is 13.3 Å². The number of fused-ring (bicyclic) bond motifs is 1. The van der Waals surface area contributed by atoms with E-state index in [9.17, 15) is 4.79 Å². The van der Waals surface area contributed by atoms with Crippen LogP contribution in [0.5, 0.6) is 5.75 Å². The number of ether oxygens (including phenoxy) is 1. The molecular weight excluding hydrogens is 380 g/mol. The first-order valence-corrected chi connectivity index (χ1v) is 10.8. The van der Waals surface area contributed by atoms with Gasteiger partial charge in [0, 0.05) is 18.8 Å². The molecule has 2 aromatic heterocycles. The first-order valence-electron chi connectivity index (χ1n) is 10.8. The summed E-state index contributed by atoms with van der Waals surface area (Å²) in [5.41, 5.74) is 3.61. The number of hydrogen-bond acceptors (Lipinski definition) is 6. The van der Waals surface area contributed by atoms with E-state index >= 15 is 0 Å². The maximum Gasteiger partial charge on any atom is 0.277 e. The largest absolute Gasteiger partial charge is 0.493 e. The maximum atomic E-state index is 12.9. The Morgan fingerprint density at radius 2 is 2.07 bits per heavy atom. The Morgan fingerprint density at radius 1 is 1.27 bits per heavy atom. The normalized spacial score (nSPS) is 14.9. The zero-order valence-corrected chi connectivity index (χ0v) is 17.9. The lowest BCUT2D eigenvalue weighted by Gasteiger charge is -2.25. The smallest absolute Gasteiger partial charge is 0.277 e. The highest BCUT2D eigenvalue weighted by molar-refractivity contribution is 5.80. The van der Waals surface area contributed by atoms with Crippen LogP contribution in [-0.4, -0.2) is 45.5 Å². The SMILES string of the molecule is CCCc1nn(C)c2c(=O)[nH]c(-c3cc(NC4CCNCC4)ccc3OCC)nc12. The Hall–Kier alpha value is -2.87. The lowest BCUT2D eigenvalue weighted by atomic mass is 10.1. The summed E-state index contributed by atoms with van der Waals surface area (Å²) >= 11 is 0. The fourth-order valence-electron chi connectivity index (χ4n) is 4.07. The van der Waals surface area contributed by atoms with Crippen LogP contribution in [0.3, 0.4) is 0 Å². The highest BCUT2D eigenvalue weighted by Crippen LogP contribution is 2.32. The van der Waals surface area contributed by atoms with Crippen LogP contribution in [0, 0.1) is 0 Å². The molecule has 0 saturated carbocycles. The third-order valence-corrected chi connectivity index (χ3v) is 5.49. The molecule has 1 aliphatic rings. The van der Waals surface area contributed by atoms with Crippen LogP contribution >= 0.6 is 0 Å². The first-order chi connectivity index (χ1) is 14.6. The fourth-order valence-corrected chi connectivity index (χ4v) is 4.07. The van der Waals surface area contributed by atoms with Crippen LogP contribution in [0.15, 0.2) is 23.0 Å². The molecule has 0 amide bonds. The van der Waals surface area contributed by atoms with Crippen molar-refractivity contribution in [2.45, 2.75) is 45.6 Å². The molecule has 0 unspecified atom stereocenters. The molecule has 0 atom stereocenters. The monoisotopic (exact) mass is 410 g/mol. The summed E-state index contributed by atoms with van der Waals surface area (Å²) in [4.78, 5) is 20.6. The molecule has 1 aromatic carbocycles. The Balaban J connectivity index is 1.79. The molecule has 1 saturated heterocycles.